The number of aromatic nitrogens is 1. The van der Waals surface area contributed by atoms with Crippen molar-refractivity contribution in [3.8, 4) is 5.75 Å². The number of methoxy groups -OCH3 is 1. The lowest BCUT2D eigenvalue weighted by Crippen LogP contribution is -2.34. The van der Waals surface area contributed by atoms with Crippen molar-refractivity contribution in [1.82, 2.24) is 10.3 Å². The Balaban J connectivity index is 3.22. The van der Waals surface area contributed by atoms with E-state index in [0.29, 0.717) is 5.69 Å². The van der Waals surface area contributed by atoms with Gasteiger partial charge >= 0.3 is 6.18 Å². The minimum atomic E-state index is -4.42. The first-order valence-corrected chi connectivity index (χ1v) is 5.70. The third-order valence-corrected chi connectivity index (χ3v) is 2.63. The van der Waals surface area contributed by atoms with Gasteiger partial charge in [-0.3, -0.25) is 4.98 Å². The number of alkyl halides is 3. The maximum Gasteiger partial charge on any atom is 0.409 e. The highest BCUT2D eigenvalue weighted by Crippen LogP contribution is 2.35. The fraction of sp³-hybridized carbons (Fsp3) is 0.545. The number of hydrogen-bond donors (Lipinski definition) is 1. The highest BCUT2D eigenvalue weighted by atomic mass is 35.5. The van der Waals surface area contributed by atoms with Gasteiger partial charge in [0.05, 0.1) is 23.5 Å². The zero-order chi connectivity index (χ0) is 13.9. The van der Waals surface area contributed by atoms with Gasteiger partial charge < -0.3 is 10.1 Å². The molecule has 1 aromatic heterocycles. The predicted molar refractivity (Wildman–Crippen MR) is 63.0 cm³/mol. The normalized spacial score (nSPS) is 13.5. The standard InChI is InChI=1S/C11H14ClF3N2O/c1-4-16-10(11(13,14)15)8-5-7(12)9(18-3)6(2)17-8/h5,10,16H,4H2,1-3H3. The summed E-state index contributed by atoms with van der Waals surface area (Å²) in [5, 5.41) is 2.46. The van der Waals surface area contributed by atoms with Gasteiger partial charge in [-0.1, -0.05) is 18.5 Å². The Bertz CT molecular complexity index is 400. The Kier molecular flexibility index (Phi) is 4.81. The number of rotatable bonds is 4. The summed E-state index contributed by atoms with van der Waals surface area (Å²) in [6.07, 6.45) is -4.42. The molecule has 1 unspecified atom stereocenters. The average molecular weight is 283 g/mol. The topological polar surface area (TPSA) is 34.1 Å². The van der Waals surface area contributed by atoms with E-state index in [1.54, 1.807) is 13.8 Å². The molecule has 1 rings (SSSR count). The minimum absolute atomic E-state index is 0.118. The molecule has 3 nitrogen and oxygen atoms in total. The number of nitrogens with zero attached hydrogens (tertiary/aromatic N) is 1. The predicted octanol–water partition coefficient (Wildman–Crippen LogP) is 3.26. The van der Waals surface area contributed by atoms with E-state index in [4.69, 9.17) is 16.3 Å². The number of pyridine rings is 1. The van der Waals surface area contributed by atoms with Crippen LogP contribution in [0.4, 0.5) is 13.2 Å². The van der Waals surface area contributed by atoms with Crippen LogP contribution in [0.5, 0.6) is 5.75 Å². The molecule has 0 aliphatic carbocycles. The number of ether oxygens (including phenoxy) is 1. The smallest absolute Gasteiger partial charge is 0.409 e. The molecule has 0 radical (unpaired) electrons. The second-order valence-corrected chi connectivity index (χ2v) is 4.09. The first-order chi connectivity index (χ1) is 8.31. The molecular weight excluding hydrogens is 269 g/mol. The monoisotopic (exact) mass is 282 g/mol. The van der Waals surface area contributed by atoms with E-state index < -0.39 is 12.2 Å². The molecule has 1 N–H and O–H groups in total. The van der Waals surface area contributed by atoms with Crippen LogP contribution in [0.3, 0.4) is 0 Å². The highest BCUT2D eigenvalue weighted by Gasteiger charge is 2.41. The maximum absolute atomic E-state index is 12.9. The molecule has 1 atom stereocenters. The molecule has 0 spiro atoms. The van der Waals surface area contributed by atoms with Crippen molar-refractivity contribution in [2.75, 3.05) is 13.7 Å². The molecule has 0 aliphatic rings. The number of hydrogen-bond acceptors (Lipinski definition) is 3. The van der Waals surface area contributed by atoms with Crippen LogP contribution in [0.2, 0.25) is 5.02 Å². The summed E-state index contributed by atoms with van der Waals surface area (Å²) in [7, 11) is 1.39. The van der Waals surface area contributed by atoms with E-state index in [0.717, 1.165) is 0 Å². The van der Waals surface area contributed by atoms with Gasteiger partial charge in [0.2, 0.25) is 0 Å². The molecule has 0 amide bonds. The van der Waals surface area contributed by atoms with E-state index in [-0.39, 0.29) is 23.0 Å². The van der Waals surface area contributed by atoms with Crippen LogP contribution in [0, 0.1) is 6.92 Å². The summed E-state index contributed by atoms with van der Waals surface area (Å²) >= 11 is 5.87. The summed E-state index contributed by atoms with van der Waals surface area (Å²) in [5.41, 5.74) is 0.166. The Morgan fingerprint density at radius 1 is 1.50 bits per heavy atom. The molecule has 102 valence electrons. The summed E-state index contributed by atoms with van der Waals surface area (Å²) in [6.45, 7) is 3.32. The van der Waals surface area contributed by atoms with Gasteiger partial charge in [-0.25, -0.2) is 0 Å². The number of nitrogens with one attached hydrogen (secondary N) is 1. The van der Waals surface area contributed by atoms with Crippen LogP contribution >= 0.6 is 11.6 Å². The third-order valence-electron chi connectivity index (χ3n) is 2.35. The van der Waals surface area contributed by atoms with E-state index in [1.165, 1.54) is 13.2 Å². The van der Waals surface area contributed by atoms with Crippen molar-refractivity contribution in [2.24, 2.45) is 0 Å². The van der Waals surface area contributed by atoms with Crippen molar-refractivity contribution in [1.29, 1.82) is 0 Å². The molecule has 1 aromatic rings. The van der Waals surface area contributed by atoms with Gasteiger partial charge in [-0.05, 0) is 19.5 Å². The zero-order valence-corrected chi connectivity index (χ0v) is 11.0. The summed E-state index contributed by atoms with van der Waals surface area (Å²) in [6, 6.07) is -0.654. The number of aryl methyl sites for hydroxylation is 1. The van der Waals surface area contributed by atoms with Gasteiger partial charge in [-0.2, -0.15) is 13.2 Å². The summed E-state index contributed by atoms with van der Waals surface area (Å²) in [5.74, 6) is 0.290. The van der Waals surface area contributed by atoms with Crippen molar-refractivity contribution in [2.45, 2.75) is 26.1 Å². The SMILES string of the molecule is CCNC(c1cc(Cl)c(OC)c(C)n1)C(F)(F)F. The van der Waals surface area contributed by atoms with Crippen molar-refractivity contribution in [3.05, 3.63) is 22.5 Å². The molecule has 0 aliphatic heterocycles. The Hall–Kier alpha value is -1.01. The summed E-state index contributed by atoms with van der Waals surface area (Å²) < 4.78 is 43.5. The van der Waals surface area contributed by atoms with Crippen LogP contribution in [-0.4, -0.2) is 24.8 Å². The van der Waals surface area contributed by atoms with E-state index in [9.17, 15) is 13.2 Å². The Morgan fingerprint density at radius 2 is 2.11 bits per heavy atom. The molecule has 1 heterocycles. The second kappa shape index (κ2) is 5.75. The van der Waals surface area contributed by atoms with E-state index in [1.807, 2.05) is 0 Å². The van der Waals surface area contributed by atoms with E-state index >= 15 is 0 Å². The Labute approximate surface area is 108 Å². The lowest BCUT2D eigenvalue weighted by atomic mass is 10.1. The van der Waals surface area contributed by atoms with Gasteiger partial charge in [0.1, 0.15) is 6.04 Å². The first-order valence-electron chi connectivity index (χ1n) is 5.32. The van der Waals surface area contributed by atoms with Crippen molar-refractivity contribution in [3.63, 3.8) is 0 Å². The van der Waals surface area contributed by atoms with Crippen LogP contribution in [0.15, 0.2) is 6.07 Å². The fourth-order valence-electron chi connectivity index (χ4n) is 1.63. The van der Waals surface area contributed by atoms with Crippen LogP contribution in [-0.2, 0) is 0 Å². The quantitative estimate of drug-likeness (QED) is 0.920. The summed E-state index contributed by atoms with van der Waals surface area (Å²) in [4.78, 5) is 3.90. The van der Waals surface area contributed by atoms with Crippen LogP contribution in [0.25, 0.3) is 0 Å². The molecule has 0 aromatic carbocycles. The van der Waals surface area contributed by atoms with Gasteiger partial charge in [0, 0.05) is 0 Å². The molecule has 18 heavy (non-hydrogen) atoms. The van der Waals surface area contributed by atoms with E-state index in [2.05, 4.69) is 10.3 Å². The lowest BCUT2D eigenvalue weighted by Gasteiger charge is -2.21. The number of halogens is 4. The fourth-order valence-corrected chi connectivity index (χ4v) is 1.96. The minimum Gasteiger partial charge on any atom is -0.493 e. The van der Waals surface area contributed by atoms with Crippen molar-refractivity contribution < 1.29 is 17.9 Å². The second-order valence-electron chi connectivity index (χ2n) is 3.68. The molecule has 0 bridgehead atoms. The first kappa shape index (κ1) is 15.0. The van der Waals surface area contributed by atoms with Crippen molar-refractivity contribution >= 4 is 11.6 Å². The molecular formula is C11H14ClF3N2O. The molecule has 0 saturated carbocycles. The lowest BCUT2D eigenvalue weighted by molar-refractivity contribution is -0.158. The van der Waals surface area contributed by atoms with Gasteiger partial charge in [0.25, 0.3) is 0 Å². The highest BCUT2D eigenvalue weighted by molar-refractivity contribution is 6.32. The Morgan fingerprint density at radius 3 is 2.50 bits per heavy atom. The average Bonchev–Trinajstić information content (AvgIpc) is 2.23. The largest absolute Gasteiger partial charge is 0.493 e. The zero-order valence-electron chi connectivity index (χ0n) is 10.2. The third kappa shape index (κ3) is 3.26. The van der Waals surface area contributed by atoms with Crippen LogP contribution in [0.1, 0.15) is 24.4 Å². The maximum atomic E-state index is 12.9. The molecule has 0 saturated heterocycles. The van der Waals surface area contributed by atoms with Gasteiger partial charge in [0.15, 0.2) is 5.75 Å². The molecule has 7 heteroatoms. The van der Waals surface area contributed by atoms with Gasteiger partial charge in [-0.15, -0.1) is 0 Å². The van der Waals surface area contributed by atoms with Crippen LogP contribution < -0.4 is 10.1 Å². The molecule has 0 fully saturated rings.